The van der Waals surface area contributed by atoms with Crippen LogP contribution < -0.4 is 0 Å². The van der Waals surface area contributed by atoms with E-state index in [0.29, 0.717) is 5.56 Å². The first-order valence-electron chi connectivity index (χ1n) is 16.5. The summed E-state index contributed by atoms with van der Waals surface area (Å²) in [5.41, 5.74) is -7.99. The lowest BCUT2D eigenvalue weighted by molar-refractivity contribution is -0.300. The van der Waals surface area contributed by atoms with Crippen molar-refractivity contribution in [3.63, 3.8) is 0 Å². The SMILES string of the molecule is CC(=O)OC[C@@]12[C@@H](OC(C)=O)C[C@H](OC(=O)/C=C\c3ccccc3)C(=O)[C@H]1[C@@H](OC(C)=O)[C@@H]1CC(=O)[C@]3(C)OC[C@@]1(C)[C@@]3(O)[C@H](O)[C@@H]2OC(C)=O. The Hall–Kier alpha value is -4.47. The number of esters is 5. The number of hydrogen-bond donors (Lipinski definition) is 2. The third-order valence-electron chi connectivity index (χ3n) is 11.1. The molecule has 2 N–H and O–H groups in total. The van der Waals surface area contributed by atoms with E-state index in [0.717, 1.165) is 33.8 Å². The topological polar surface area (TPSA) is 215 Å². The van der Waals surface area contributed by atoms with Crippen molar-refractivity contribution in [1.82, 2.24) is 0 Å². The summed E-state index contributed by atoms with van der Waals surface area (Å²) in [5.74, 6) is -9.51. The highest BCUT2D eigenvalue weighted by molar-refractivity contribution is 5.95. The van der Waals surface area contributed by atoms with Gasteiger partial charge >= 0.3 is 29.8 Å². The molecule has 1 aromatic carbocycles. The summed E-state index contributed by atoms with van der Waals surface area (Å²) in [6.07, 6.45) is -7.90. The molecule has 51 heavy (non-hydrogen) atoms. The number of carbonyl (C=O) groups is 7. The van der Waals surface area contributed by atoms with Gasteiger partial charge in [-0.05, 0) is 18.6 Å². The Morgan fingerprint density at radius 3 is 2.12 bits per heavy atom. The zero-order valence-corrected chi connectivity index (χ0v) is 29.1. The van der Waals surface area contributed by atoms with Gasteiger partial charge in [0.1, 0.15) is 36.6 Å². The molecule has 0 amide bonds. The Kier molecular flexibility index (Phi) is 10.1. The van der Waals surface area contributed by atoms with E-state index in [4.69, 9.17) is 28.4 Å². The predicted molar refractivity (Wildman–Crippen MR) is 171 cm³/mol. The van der Waals surface area contributed by atoms with Gasteiger partial charge in [0.2, 0.25) is 0 Å². The van der Waals surface area contributed by atoms with E-state index in [9.17, 15) is 43.8 Å². The van der Waals surface area contributed by atoms with Gasteiger partial charge in [-0.1, -0.05) is 37.3 Å². The van der Waals surface area contributed by atoms with Crippen molar-refractivity contribution >= 4 is 47.5 Å². The molecule has 4 aliphatic rings. The zero-order valence-electron chi connectivity index (χ0n) is 29.1. The summed E-state index contributed by atoms with van der Waals surface area (Å²) in [6, 6.07) is 8.71. The highest BCUT2D eigenvalue weighted by atomic mass is 16.6. The van der Waals surface area contributed by atoms with E-state index >= 15 is 0 Å². The molecule has 15 heteroatoms. The molecule has 4 fully saturated rings. The van der Waals surface area contributed by atoms with Crippen molar-refractivity contribution in [2.24, 2.45) is 22.7 Å². The lowest BCUT2D eigenvalue weighted by Gasteiger charge is -2.63. The van der Waals surface area contributed by atoms with E-state index in [2.05, 4.69) is 0 Å². The first-order chi connectivity index (χ1) is 23.8. The third-order valence-corrected chi connectivity index (χ3v) is 11.1. The third kappa shape index (κ3) is 6.04. The molecule has 4 bridgehead atoms. The molecular formula is C36H42O15. The summed E-state index contributed by atoms with van der Waals surface area (Å²) in [7, 11) is 0. The molecule has 0 aromatic heterocycles. The summed E-state index contributed by atoms with van der Waals surface area (Å²) >= 11 is 0. The molecule has 1 heterocycles. The maximum Gasteiger partial charge on any atom is 0.331 e. The Bertz CT molecular complexity index is 1650. The lowest BCUT2D eigenvalue weighted by atomic mass is 9.44. The molecular weight excluding hydrogens is 672 g/mol. The average molecular weight is 715 g/mol. The second-order valence-electron chi connectivity index (χ2n) is 14.1. The molecule has 5 rings (SSSR count). The average Bonchev–Trinajstić information content (AvgIpc) is 3.20. The number of aliphatic hydroxyl groups is 2. The number of ether oxygens (including phenoxy) is 6. The fourth-order valence-electron chi connectivity index (χ4n) is 8.79. The highest BCUT2D eigenvalue weighted by Gasteiger charge is 2.83. The minimum Gasteiger partial charge on any atom is -0.465 e. The largest absolute Gasteiger partial charge is 0.465 e. The van der Waals surface area contributed by atoms with Crippen LogP contribution in [0.1, 0.15) is 59.9 Å². The van der Waals surface area contributed by atoms with Gasteiger partial charge in [0, 0.05) is 57.9 Å². The van der Waals surface area contributed by atoms with E-state index in [-0.39, 0.29) is 6.61 Å². The number of ketones is 2. The van der Waals surface area contributed by atoms with E-state index in [1.54, 1.807) is 30.3 Å². The van der Waals surface area contributed by atoms with Crippen molar-refractivity contribution in [3.8, 4) is 0 Å². The van der Waals surface area contributed by atoms with Crippen LogP contribution in [-0.2, 0) is 62.0 Å². The second-order valence-corrected chi connectivity index (χ2v) is 14.1. The molecule has 276 valence electrons. The Morgan fingerprint density at radius 1 is 0.902 bits per heavy atom. The maximum absolute atomic E-state index is 15.0. The van der Waals surface area contributed by atoms with Crippen LogP contribution in [0.5, 0.6) is 0 Å². The van der Waals surface area contributed by atoms with Crippen molar-refractivity contribution < 1.29 is 72.2 Å². The summed E-state index contributed by atoms with van der Waals surface area (Å²) in [5, 5.41) is 25.2. The molecule has 11 atom stereocenters. The van der Waals surface area contributed by atoms with Crippen LogP contribution in [-0.4, -0.2) is 107 Å². The number of fused-ring (bicyclic) bond motifs is 1. The fraction of sp³-hybridized carbons (Fsp3) is 0.583. The molecule has 1 saturated heterocycles. The number of benzene rings is 1. The normalized spacial score (nSPS) is 38.5. The Labute approximate surface area is 293 Å². The standard InChI is InChI=1S/C36H42O15/c1-18(37)46-17-35-26(48-19(2)38)15-24(51-27(42)13-12-22-10-8-7-9-11-22)29(43)28(35)30(49-20(3)39)23-14-25(41)34(6)36(45,33(23,5)16-47-34)31(44)32(35)50-21(4)40/h7-13,23-24,26,28,30-32,44-45H,14-17H2,1-6H3/b13-12-/t23-,24-,26-,28-,30-,31+,32-,33+,34-,35+,36-/m0/s1. The summed E-state index contributed by atoms with van der Waals surface area (Å²) in [6.45, 7) is 5.61. The smallest absolute Gasteiger partial charge is 0.331 e. The monoisotopic (exact) mass is 714 g/mol. The van der Waals surface area contributed by atoms with Gasteiger partial charge in [-0.25, -0.2) is 4.79 Å². The Balaban J connectivity index is 1.78. The first-order valence-corrected chi connectivity index (χ1v) is 16.5. The summed E-state index contributed by atoms with van der Waals surface area (Å²) < 4.78 is 34.5. The molecule has 0 radical (unpaired) electrons. The van der Waals surface area contributed by atoms with Crippen molar-refractivity contribution in [1.29, 1.82) is 0 Å². The van der Waals surface area contributed by atoms with E-state index < -0.39 is 125 Å². The fourth-order valence-corrected chi connectivity index (χ4v) is 8.79. The van der Waals surface area contributed by atoms with Crippen molar-refractivity contribution in [2.45, 2.75) is 96.1 Å². The van der Waals surface area contributed by atoms with Crippen LogP contribution in [0.25, 0.3) is 6.08 Å². The van der Waals surface area contributed by atoms with E-state index in [1.165, 1.54) is 19.9 Å². The maximum atomic E-state index is 15.0. The number of hydrogen-bond acceptors (Lipinski definition) is 15. The van der Waals surface area contributed by atoms with Gasteiger partial charge in [0.15, 0.2) is 23.3 Å². The van der Waals surface area contributed by atoms with Crippen LogP contribution >= 0.6 is 0 Å². The number of Topliss-reactive ketones (excluding diaryl/α,β-unsaturated/α-hetero) is 2. The van der Waals surface area contributed by atoms with Crippen LogP contribution in [0.2, 0.25) is 0 Å². The van der Waals surface area contributed by atoms with Gasteiger partial charge in [0.05, 0.1) is 17.9 Å². The minimum absolute atomic E-state index is 0.369. The van der Waals surface area contributed by atoms with Gasteiger partial charge in [-0.3, -0.25) is 28.8 Å². The van der Waals surface area contributed by atoms with Gasteiger partial charge in [-0.2, -0.15) is 0 Å². The molecule has 3 aliphatic carbocycles. The van der Waals surface area contributed by atoms with Crippen molar-refractivity contribution in [2.75, 3.05) is 13.2 Å². The number of rotatable bonds is 8. The number of aliphatic hydroxyl groups excluding tert-OH is 1. The lowest BCUT2D eigenvalue weighted by Crippen LogP contribution is -2.81. The van der Waals surface area contributed by atoms with Crippen molar-refractivity contribution in [3.05, 3.63) is 42.0 Å². The molecule has 0 unspecified atom stereocenters. The quantitative estimate of drug-likeness (QED) is 0.219. The Morgan fingerprint density at radius 2 is 1.53 bits per heavy atom. The zero-order chi connectivity index (χ0) is 37.7. The van der Waals surface area contributed by atoms with Crippen LogP contribution in [0.4, 0.5) is 0 Å². The summed E-state index contributed by atoms with van der Waals surface area (Å²) in [4.78, 5) is 93.1. The first kappa shape index (κ1) is 37.8. The highest BCUT2D eigenvalue weighted by Crippen LogP contribution is 2.66. The van der Waals surface area contributed by atoms with Crippen LogP contribution in [0.3, 0.4) is 0 Å². The van der Waals surface area contributed by atoms with Gasteiger partial charge in [-0.15, -0.1) is 0 Å². The van der Waals surface area contributed by atoms with Crippen LogP contribution in [0.15, 0.2) is 36.4 Å². The van der Waals surface area contributed by atoms with E-state index in [1.807, 2.05) is 0 Å². The second kappa shape index (κ2) is 13.6. The van der Waals surface area contributed by atoms with Gasteiger partial charge < -0.3 is 38.6 Å². The predicted octanol–water partition coefficient (Wildman–Crippen LogP) is 1.04. The molecule has 0 spiro atoms. The minimum atomic E-state index is -2.58. The number of carbonyl (C=O) groups excluding carboxylic acids is 7. The van der Waals surface area contributed by atoms with Crippen LogP contribution in [0, 0.1) is 22.7 Å². The van der Waals surface area contributed by atoms with Gasteiger partial charge in [0.25, 0.3) is 0 Å². The molecule has 15 nitrogen and oxygen atoms in total. The molecule has 1 aromatic rings. The molecule has 3 saturated carbocycles. The molecule has 1 aliphatic heterocycles.